The molecular formula is C15H19N3O. The van der Waals surface area contributed by atoms with Crippen LogP contribution in [-0.4, -0.2) is 30.8 Å². The largest absolute Gasteiger partial charge is 0.396 e. The van der Waals surface area contributed by atoms with Crippen LogP contribution in [0.1, 0.15) is 13.3 Å². The van der Waals surface area contributed by atoms with Gasteiger partial charge in [-0.1, -0.05) is 25.1 Å². The summed E-state index contributed by atoms with van der Waals surface area (Å²) in [6.07, 6.45) is 3.08. The van der Waals surface area contributed by atoms with Crippen molar-refractivity contribution >= 4 is 22.3 Å². The molecule has 1 saturated heterocycles. The highest BCUT2D eigenvalue weighted by molar-refractivity contribution is 5.97. The number of ether oxygens (including phenoxy) is 1. The predicted molar refractivity (Wildman–Crippen MR) is 78.4 cm³/mol. The molecule has 2 N–H and O–H groups in total. The zero-order chi connectivity index (χ0) is 13.2. The summed E-state index contributed by atoms with van der Waals surface area (Å²) in [5.41, 5.74) is 9.00. The molecule has 4 heteroatoms. The van der Waals surface area contributed by atoms with E-state index in [4.69, 9.17) is 10.5 Å². The summed E-state index contributed by atoms with van der Waals surface area (Å²) in [5, 5.41) is 1.12. The molecule has 100 valence electrons. The molecule has 1 fully saturated rings. The lowest BCUT2D eigenvalue weighted by Gasteiger charge is -2.35. The van der Waals surface area contributed by atoms with Crippen LogP contribution in [0.4, 0.5) is 11.4 Å². The fourth-order valence-electron chi connectivity index (χ4n) is 2.66. The van der Waals surface area contributed by atoms with Crippen LogP contribution >= 0.6 is 0 Å². The molecule has 1 atom stereocenters. The predicted octanol–water partition coefficient (Wildman–Crippen LogP) is 2.43. The van der Waals surface area contributed by atoms with Gasteiger partial charge in [-0.15, -0.1) is 0 Å². The van der Waals surface area contributed by atoms with Crippen LogP contribution in [0.3, 0.4) is 0 Å². The van der Waals surface area contributed by atoms with Crippen LogP contribution in [0, 0.1) is 0 Å². The maximum atomic E-state index is 6.16. The second-order valence-corrected chi connectivity index (χ2v) is 4.93. The van der Waals surface area contributed by atoms with Gasteiger partial charge in [0.25, 0.3) is 0 Å². The van der Waals surface area contributed by atoms with Crippen molar-refractivity contribution in [3.8, 4) is 0 Å². The van der Waals surface area contributed by atoms with Gasteiger partial charge in [0, 0.05) is 18.5 Å². The average molecular weight is 257 g/mol. The first-order valence-electron chi connectivity index (χ1n) is 6.79. The number of nitrogens with zero attached hydrogens (tertiary/aromatic N) is 2. The van der Waals surface area contributed by atoms with Gasteiger partial charge < -0.3 is 15.4 Å². The van der Waals surface area contributed by atoms with E-state index >= 15 is 0 Å². The Morgan fingerprint density at radius 2 is 2.26 bits per heavy atom. The van der Waals surface area contributed by atoms with Gasteiger partial charge in [-0.05, 0) is 12.5 Å². The monoisotopic (exact) mass is 257 g/mol. The fourth-order valence-corrected chi connectivity index (χ4v) is 2.66. The number of aromatic nitrogens is 1. The Morgan fingerprint density at radius 1 is 1.42 bits per heavy atom. The average Bonchev–Trinajstić information content (AvgIpc) is 2.47. The molecule has 0 radical (unpaired) electrons. The molecule has 0 aliphatic carbocycles. The molecule has 4 nitrogen and oxygen atoms in total. The summed E-state index contributed by atoms with van der Waals surface area (Å²) in [6.45, 7) is 4.69. The van der Waals surface area contributed by atoms with Gasteiger partial charge in [-0.25, -0.2) is 0 Å². The highest BCUT2D eigenvalue weighted by atomic mass is 16.5. The van der Waals surface area contributed by atoms with Gasteiger partial charge >= 0.3 is 0 Å². The van der Waals surface area contributed by atoms with Crippen LogP contribution in [0.5, 0.6) is 0 Å². The van der Waals surface area contributed by atoms with E-state index in [1.807, 2.05) is 18.2 Å². The van der Waals surface area contributed by atoms with E-state index in [0.29, 0.717) is 6.10 Å². The maximum absolute atomic E-state index is 6.16. The normalized spacial score (nSPS) is 19.8. The number of nitrogens with two attached hydrogens (primary N) is 1. The molecule has 1 unspecified atom stereocenters. The molecule has 0 saturated carbocycles. The van der Waals surface area contributed by atoms with Crippen LogP contribution in [-0.2, 0) is 4.74 Å². The van der Waals surface area contributed by atoms with E-state index in [-0.39, 0.29) is 0 Å². The van der Waals surface area contributed by atoms with Gasteiger partial charge in [0.15, 0.2) is 0 Å². The molecule has 1 aliphatic heterocycles. The number of fused-ring (bicyclic) bond motifs is 1. The Hall–Kier alpha value is -1.81. The molecular weight excluding hydrogens is 238 g/mol. The minimum atomic E-state index is 0.292. The molecule has 1 aromatic carbocycles. The summed E-state index contributed by atoms with van der Waals surface area (Å²) in [4.78, 5) is 6.72. The van der Waals surface area contributed by atoms with Crippen molar-refractivity contribution in [2.75, 3.05) is 30.3 Å². The fraction of sp³-hybridized carbons (Fsp3) is 0.400. The third kappa shape index (κ3) is 2.24. The zero-order valence-electron chi connectivity index (χ0n) is 11.2. The number of morpholine rings is 1. The lowest BCUT2D eigenvalue weighted by molar-refractivity contribution is 0.0386. The van der Waals surface area contributed by atoms with Crippen LogP contribution in [0.25, 0.3) is 10.9 Å². The number of nitrogen functional groups attached to an aromatic ring is 1. The summed E-state index contributed by atoms with van der Waals surface area (Å²) in [5.74, 6) is 0. The third-order valence-corrected chi connectivity index (χ3v) is 3.69. The molecule has 0 spiro atoms. The molecule has 0 amide bonds. The van der Waals surface area contributed by atoms with Gasteiger partial charge in [0.1, 0.15) is 0 Å². The van der Waals surface area contributed by atoms with Crippen molar-refractivity contribution in [3.63, 3.8) is 0 Å². The Bertz CT molecular complexity index is 585. The number of para-hydroxylation sites is 1. The van der Waals surface area contributed by atoms with E-state index < -0.39 is 0 Å². The lowest BCUT2D eigenvalue weighted by atomic mass is 10.1. The SMILES string of the molecule is CCC1CN(c2c(N)cnc3ccccc23)CCO1. The van der Waals surface area contributed by atoms with Crippen LogP contribution < -0.4 is 10.6 Å². The second kappa shape index (κ2) is 5.05. The summed E-state index contributed by atoms with van der Waals surface area (Å²) in [7, 11) is 0. The van der Waals surface area contributed by atoms with Crippen LogP contribution in [0.2, 0.25) is 0 Å². The smallest absolute Gasteiger partial charge is 0.0748 e. The number of hydrogen-bond donors (Lipinski definition) is 1. The molecule has 1 aliphatic rings. The van der Waals surface area contributed by atoms with Gasteiger partial charge in [0.2, 0.25) is 0 Å². The topological polar surface area (TPSA) is 51.4 Å². The minimum absolute atomic E-state index is 0.292. The first-order valence-corrected chi connectivity index (χ1v) is 6.79. The Kier molecular flexibility index (Phi) is 3.25. The van der Waals surface area contributed by atoms with E-state index in [2.05, 4.69) is 22.9 Å². The van der Waals surface area contributed by atoms with Gasteiger partial charge in [0.05, 0.1) is 35.8 Å². The number of hydrogen-bond acceptors (Lipinski definition) is 4. The maximum Gasteiger partial charge on any atom is 0.0748 e. The van der Waals surface area contributed by atoms with Gasteiger partial charge in [-0.2, -0.15) is 0 Å². The van der Waals surface area contributed by atoms with Crippen molar-refractivity contribution in [2.45, 2.75) is 19.4 Å². The van der Waals surface area contributed by atoms with E-state index in [0.717, 1.165) is 48.4 Å². The third-order valence-electron chi connectivity index (χ3n) is 3.69. The van der Waals surface area contributed by atoms with Crippen molar-refractivity contribution in [3.05, 3.63) is 30.5 Å². The number of anilines is 2. The van der Waals surface area contributed by atoms with Crippen molar-refractivity contribution in [2.24, 2.45) is 0 Å². The molecule has 2 heterocycles. The molecule has 0 bridgehead atoms. The van der Waals surface area contributed by atoms with Gasteiger partial charge in [-0.3, -0.25) is 4.98 Å². The zero-order valence-corrected chi connectivity index (χ0v) is 11.2. The molecule has 3 rings (SSSR count). The first-order chi connectivity index (χ1) is 9.29. The number of benzene rings is 1. The van der Waals surface area contributed by atoms with Crippen molar-refractivity contribution in [1.29, 1.82) is 0 Å². The summed E-state index contributed by atoms with van der Waals surface area (Å²) < 4.78 is 5.73. The highest BCUT2D eigenvalue weighted by Gasteiger charge is 2.22. The number of pyridine rings is 1. The standard InChI is InChI=1S/C15H19N3O/c1-2-11-10-18(7-8-19-11)15-12-5-3-4-6-14(12)17-9-13(15)16/h3-6,9,11H,2,7-8,10,16H2,1H3. The Balaban J connectivity index is 2.06. The quantitative estimate of drug-likeness (QED) is 0.897. The molecule has 19 heavy (non-hydrogen) atoms. The van der Waals surface area contributed by atoms with E-state index in [1.165, 1.54) is 0 Å². The Labute approximate surface area is 113 Å². The number of rotatable bonds is 2. The second-order valence-electron chi connectivity index (χ2n) is 4.93. The lowest BCUT2D eigenvalue weighted by Crippen LogP contribution is -2.42. The Morgan fingerprint density at radius 3 is 3.11 bits per heavy atom. The molecule has 1 aromatic heterocycles. The summed E-state index contributed by atoms with van der Waals surface area (Å²) >= 11 is 0. The highest BCUT2D eigenvalue weighted by Crippen LogP contribution is 2.32. The first kappa shape index (κ1) is 12.2. The molecule has 2 aromatic rings. The van der Waals surface area contributed by atoms with Crippen molar-refractivity contribution < 1.29 is 4.74 Å². The minimum Gasteiger partial charge on any atom is -0.396 e. The van der Waals surface area contributed by atoms with E-state index in [9.17, 15) is 0 Å². The van der Waals surface area contributed by atoms with Crippen molar-refractivity contribution in [1.82, 2.24) is 4.98 Å². The summed E-state index contributed by atoms with van der Waals surface area (Å²) in [6, 6.07) is 8.15. The van der Waals surface area contributed by atoms with Crippen LogP contribution in [0.15, 0.2) is 30.5 Å². The van der Waals surface area contributed by atoms with E-state index in [1.54, 1.807) is 6.20 Å².